The van der Waals surface area contributed by atoms with Crippen molar-refractivity contribution in [3.63, 3.8) is 0 Å². The van der Waals surface area contributed by atoms with E-state index in [0.29, 0.717) is 0 Å². The minimum absolute atomic E-state index is 0.0322. The van der Waals surface area contributed by atoms with Gasteiger partial charge in [-0.05, 0) is 34.5 Å². The van der Waals surface area contributed by atoms with Crippen molar-refractivity contribution < 1.29 is 4.74 Å². The molecule has 1 aliphatic heterocycles. The Bertz CT molecular complexity index is 866. The minimum Gasteiger partial charge on any atom is -0.461 e. The SMILES string of the molecule is C=C1Oc2ccc3ccccc3c2C1c1cccc(Cl)c1. The van der Waals surface area contributed by atoms with E-state index in [-0.39, 0.29) is 5.92 Å². The summed E-state index contributed by atoms with van der Waals surface area (Å²) in [7, 11) is 0. The monoisotopic (exact) mass is 292 g/mol. The molecular formula is C19H13ClO. The molecule has 0 fully saturated rings. The second kappa shape index (κ2) is 4.64. The van der Waals surface area contributed by atoms with E-state index in [0.717, 1.165) is 22.1 Å². The topological polar surface area (TPSA) is 9.23 Å². The first kappa shape index (κ1) is 12.5. The Kier molecular flexibility index (Phi) is 2.76. The highest BCUT2D eigenvalue weighted by Gasteiger charge is 2.31. The molecule has 0 saturated carbocycles. The van der Waals surface area contributed by atoms with E-state index in [1.807, 2.05) is 30.3 Å². The molecule has 0 aliphatic carbocycles. The van der Waals surface area contributed by atoms with Gasteiger partial charge in [0.2, 0.25) is 0 Å². The van der Waals surface area contributed by atoms with E-state index in [1.54, 1.807) is 0 Å². The van der Waals surface area contributed by atoms with Gasteiger partial charge in [-0.1, -0.05) is 60.6 Å². The van der Waals surface area contributed by atoms with Crippen molar-refractivity contribution in [3.05, 3.63) is 89.2 Å². The number of allylic oxidation sites excluding steroid dienone is 1. The number of fused-ring (bicyclic) bond motifs is 3. The van der Waals surface area contributed by atoms with Crippen molar-refractivity contribution >= 4 is 22.4 Å². The van der Waals surface area contributed by atoms with Crippen LogP contribution in [0.1, 0.15) is 17.0 Å². The molecule has 0 bridgehead atoms. The lowest BCUT2D eigenvalue weighted by Crippen LogP contribution is -2.00. The summed E-state index contributed by atoms with van der Waals surface area (Å²) in [6, 6.07) is 20.4. The quantitative estimate of drug-likeness (QED) is 0.573. The molecule has 3 aromatic rings. The van der Waals surface area contributed by atoms with E-state index in [4.69, 9.17) is 16.3 Å². The van der Waals surface area contributed by atoms with Crippen LogP contribution in [0.4, 0.5) is 0 Å². The maximum absolute atomic E-state index is 6.15. The third-order valence-corrected chi connectivity index (χ3v) is 4.20. The lowest BCUT2D eigenvalue weighted by molar-refractivity contribution is 0.439. The summed E-state index contributed by atoms with van der Waals surface area (Å²) < 4.78 is 5.88. The van der Waals surface area contributed by atoms with Gasteiger partial charge in [0, 0.05) is 10.6 Å². The Morgan fingerprint density at radius 3 is 2.67 bits per heavy atom. The summed E-state index contributed by atoms with van der Waals surface area (Å²) >= 11 is 6.15. The predicted octanol–water partition coefficient (Wildman–Crippen LogP) is 5.53. The van der Waals surface area contributed by atoms with Gasteiger partial charge in [0.1, 0.15) is 11.5 Å². The second-order valence-corrected chi connectivity index (χ2v) is 5.69. The van der Waals surface area contributed by atoms with Gasteiger partial charge in [-0.25, -0.2) is 0 Å². The van der Waals surface area contributed by atoms with E-state index < -0.39 is 0 Å². The number of hydrogen-bond donors (Lipinski definition) is 0. The third kappa shape index (κ3) is 1.93. The highest BCUT2D eigenvalue weighted by Crippen LogP contribution is 2.47. The lowest BCUT2D eigenvalue weighted by Gasteiger charge is -2.13. The number of benzene rings is 3. The van der Waals surface area contributed by atoms with Gasteiger partial charge >= 0.3 is 0 Å². The van der Waals surface area contributed by atoms with Crippen LogP contribution in [-0.4, -0.2) is 0 Å². The average Bonchev–Trinajstić information content (AvgIpc) is 2.83. The number of hydrogen-bond acceptors (Lipinski definition) is 1. The van der Waals surface area contributed by atoms with Crippen molar-refractivity contribution in [1.82, 2.24) is 0 Å². The Morgan fingerprint density at radius 1 is 0.952 bits per heavy atom. The van der Waals surface area contributed by atoms with Crippen molar-refractivity contribution in [2.24, 2.45) is 0 Å². The van der Waals surface area contributed by atoms with Crippen molar-refractivity contribution in [2.45, 2.75) is 5.92 Å². The Balaban J connectivity index is 2.00. The molecule has 0 radical (unpaired) electrons. The molecule has 0 amide bonds. The van der Waals surface area contributed by atoms with Crippen LogP contribution in [-0.2, 0) is 0 Å². The lowest BCUT2D eigenvalue weighted by atomic mass is 9.88. The van der Waals surface area contributed by atoms with Gasteiger partial charge < -0.3 is 4.74 Å². The first-order valence-electron chi connectivity index (χ1n) is 6.88. The van der Waals surface area contributed by atoms with Crippen LogP contribution in [0.25, 0.3) is 10.8 Å². The van der Waals surface area contributed by atoms with Crippen LogP contribution in [0.2, 0.25) is 5.02 Å². The summed E-state index contributed by atoms with van der Waals surface area (Å²) in [5, 5.41) is 3.15. The molecule has 0 aromatic heterocycles. The van der Waals surface area contributed by atoms with Crippen LogP contribution >= 0.6 is 11.6 Å². The second-order valence-electron chi connectivity index (χ2n) is 5.25. The zero-order valence-corrected chi connectivity index (χ0v) is 12.1. The average molecular weight is 293 g/mol. The zero-order chi connectivity index (χ0) is 14.4. The fourth-order valence-corrected chi connectivity index (χ4v) is 3.26. The predicted molar refractivity (Wildman–Crippen MR) is 87.0 cm³/mol. The highest BCUT2D eigenvalue weighted by molar-refractivity contribution is 6.30. The Hall–Kier alpha value is -2.25. The van der Waals surface area contributed by atoms with Crippen molar-refractivity contribution in [3.8, 4) is 5.75 Å². The molecule has 1 aliphatic rings. The van der Waals surface area contributed by atoms with Crippen molar-refractivity contribution in [2.75, 3.05) is 0 Å². The summed E-state index contributed by atoms with van der Waals surface area (Å²) in [5.41, 5.74) is 2.29. The standard InChI is InChI=1S/C19H13ClO/c1-12-18(14-6-4-7-15(20)11-14)19-16-8-3-2-5-13(16)9-10-17(19)21-12/h2-11,18H,1H2. The van der Waals surface area contributed by atoms with Gasteiger partial charge in [-0.3, -0.25) is 0 Å². The fraction of sp³-hybridized carbons (Fsp3) is 0.0526. The van der Waals surface area contributed by atoms with Gasteiger partial charge in [-0.2, -0.15) is 0 Å². The molecule has 3 aromatic carbocycles. The Morgan fingerprint density at radius 2 is 1.81 bits per heavy atom. The summed E-state index contributed by atoms with van der Waals surface area (Å²) in [4.78, 5) is 0. The summed E-state index contributed by atoms with van der Waals surface area (Å²) in [5.74, 6) is 1.68. The summed E-state index contributed by atoms with van der Waals surface area (Å²) in [6.07, 6.45) is 0. The molecule has 1 nitrogen and oxygen atoms in total. The van der Waals surface area contributed by atoms with E-state index in [9.17, 15) is 0 Å². The highest BCUT2D eigenvalue weighted by atomic mass is 35.5. The fourth-order valence-electron chi connectivity index (χ4n) is 3.06. The molecular weight excluding hydrogens is 280 g/mol. The number of halogens is 1. The van der Waals surface area contributed by atoms with Crippen LogP contribution in [0.3, 0.4) is 0 Å². The first-order valence-corrected chi connectivity index (χ1v) is 7.25. The number of rotatable bonds is 1. The molecule has 2 heteroatoms. The normalized spacial score (nSPS) is 16.8. The van der Waals surface area contributed by atoms with E-state index in [2.05, 4.69) is 36.9 Å². The molecule has 1 unspecified atom stereocenters. The molecule has 4 rings (SSSR count). The van der Waals surface area contributed by atoms with Crippen LogP contribution in [0.15, 0.2) is 73.0 Å². The van der Waals surface area contributed by atoms with E-state index >= 15 is 0 Å². The van der Waals surface area contributed by atoms with Gasteiger partial charge in [0.15, 0.2) is 0 Å². The number of ether oxygens (including phenoxy) is 1. The van der Waals surface area contributed by atoms with E-state index in [1.165, 1.54) is 16.3 Å². The third-order valence-electron chi connectivity index (χ3n) is 3.96. The zero-order valence-electron chi connectivity index (χ0n) is 11.3. The summed E-state index contributed by atoms with van der Waals surface area (Å²) in [6.45, 7) is 4.10. The first-order chi connectivity index (χ1) is 10.2. The van der Waals surface area contributed by atoms with Crippen LogP contribution < -0.4 is 4.74 Å². The van der Waals surface area contributed by atoms with Gasteiger partial charge in [-0.15, -0.1) is 0 Å². The molecule has 1 heterocycles. The molecule has 0 saturated heterocycles. The van der Waals surface area contributed by atoms with Gasteiger partial charge in [0.05, 0.1) is 5.92 Å². The maximum atomic E-state index is 6.15. The van der Waals surface area contributed by atoms with Crippen LogP contribution in [0, 0.1) is 0 Å². The molecule has 102 valence electrons. The minimum atomic E-state index is 0.0322. The van der Waals surface area contributed by atoms with Gasteiger partial charge in [0.25, 0.3) is 0 Å². The maximum Gasteiger partial charge on any atom is 0.131 e. The van der Waals surface area contributed by atoms with Crippen molar-refractivity contribution in [1.29, 1.82) is 0 Å². The largest absolute Gasteiger partial charge is 0.461 e. The molecule has 1 atom stereocenters. The molecule has 0 N–H and O–H groups in total. The smallest absolute Gasteiger partial charge is 0.131 e. The molecule has 0 spiro atoms. The molecule has 21 heavy (non-hydrogen) atoms. The Labute approximate surface area is 128 Å². The van der Waals surface area contributed by atoms with Crippen LogP contribution in [0.5, 0.6) is 5.75 Å².